The predicted octanol–water partition coefficient (Wildman–Crippen LogP) is 2.79. The maximum Gasteiger partial charge on any atom is 0.180 e. The van der Waals surface area contributed by atoms with Gasteiger partial charge in [0.1, 0.15) is 0 Å². The molecule has 2 N–H and O–H groups in total. The number of aryl methyl sites for hydroxylation is 1. The Morgan fingerprint density at radius 2 is 1.82 bits per heavy atom. The normalized spacial score (nSPS) is 12.0. The molecule has 0 fully saturated rings. The third-order valence-electron chi connectivity index (χ3n) is 3.11. The Bertz CT molecular complexity index is 476. The van der Waals surface area contributed by atoms with Crippen LogP contribution in [0.2, 0.25) is 0 Å². The van der Waals surface area contributed by atoms with Gasteiger partial charge in [-0.1, -0.05) is 32.8 Å². The predicted molar refractivity (Wildman–Crippen MR) is 71.7 cm³/mol. The zero-order valence-electron chi connectivity index (χ0n) is 10.7. The lowest BCUT2D eigenvalue weighted by Gasteiger charge is -2.14. The number of benzene rings is 1. The minimum atomic E-state index is -3.26. The zero-order valence-corrected chi connectivity index (χ0v) is 11.5. The molecule has 0 radical (unpaired) electrons. The Morgan fingerprint density at radius 1 is 1.24 bits per heavy atom. The molecule has 0 aromatic heterocycles. The lowest BCUT2D eigenvalue weighted by Crippen LogP contribution is -2.16. The summed E-state index contributed by atoms with van der Waals surface area (Å²) in [5.74, 6) is 0.396. The second kappa shape index (κ2) is 5.54. The molecule has 0 bridgehead atoms. The molecule has 0 unspecified atom stereocenters. The third-order valence-corrected chi connectivity index (χ3v) is 5.05. The summed E-state index contributed by atoms with van der Waals surface area (Å²) in [6, 6.07) is 5.15. The van der Waals surface area contributed by atoms with Crippen molar-refractivity contribution >= 4 is 15.5 Å². The summed E-state index contributed by atoms with van der Waals surface area (Å²) in [5, 5.41) is 0. The average Bonchev–Trinajstić information content (AvgIpc) is 2.29. The zero-order chi connectivity index (χ0) is 13.1. The molecule has 0 amide bonds. The monoisotopic (exact) mass is 255 g/mol. The van der Waals surface area contributed by atoms with Gasteiger partial charge in [0.15, 0.2) is 9.84 Å². The highest BCUT2D eigenvalue weighted by Gasteiger charge is 2.21. The van der Waals surface area contributed by atoms with Gasteiger partial charge in [0.25, 0.3) is 0 Å². The van der Waals surface area contributed by atoms with Crippen molar-refractivity contribution in [2.24, 2.45) is 5.92 Å². The van der Waals surface area contributed by atoms with Crippen molar-refractivity contribution in [2.75, 3.05) is 11.5 Å². The van der Waals surface area contributed by atoms with E-state index < -0.39 is 9.84 Å². The molecule has 0 aliphatic heterocycles. The molecule has 0 aliphatic rings. The molecule has 3 nitrogen and oxygen atoms in total. The topological polar surface area (TPSA) is 60.2 Å². The molecule has 0 saturated carbocycles. The highest BCUT2D eigenvalue weighted by atomic mass is 32.2. The molecule has 0 heterocycles. The van der Waals surface area contributed by atoms with Gasteiger partial charge in [0.2, 0.25) is 0 Å². The number of hydrogen-bond donors (Lipinski definition) is 1. The molecule has 0 saturated heterocycles. The maximum atomic E-state index is 12.3. The van der Waals surface area contributed by atoms with Crippen molar-refractivity contribution < 1.29 is 8.42 Å². The maximum absolute atomic E-state index is 12.3. The fourth-order valence-corrected chi connectivity index (χ4v) is 3.90. The number of anilines is 1. The largest absolute Gasteiger partial charge is 0.398 e. The summed E-state index contributed by atoms with van der Waals surface area (Å²) in [7, 11) is -3.26. The van der Waals surface area contributed by atoms with Crippen LogP contribution in [0.5, 0.6) is 0 Å². The van der Waals surface area contributed by atoms with E-state index in [-0.39, 0.29) is 16.6 Å². The van der Waals surface area contributed by atoms with Gasteiger partial charge in [-0.15, -0.1) is 0 Å². The average molecular weight is 255 g/mol. The van der Waals surface area contributed by atoms with Gasteiger partial charge >= 0.3 is 0 Å². The lowest BCUT2D eigenvalue weighted by molar-refractivity contribution is 0.523. The van der Waals surface area contributed by atoms with Crippen LogP contribution in [-0.4, -0.2) is 14.2 Å². The molecular weight excluding hydrogens is 234 g/mol. The number of nitrogen functional groups attached to an aromatic ring is 1. The molecule has 0 atom stereocenters. The van der Waals surface area contributed by atoms with Gasteiger partial charge in [0, 0.05) is 0 Å². The van der Waals surface area contributed by atoms with Gasteiger partial charge in [-0.2, -0.15) is 0 Å². The molecule has 96 valence electrons. The second-order valence-corrected chi connectivity index (χ2v) is 6.51. The fraction of sp³-hybridized carbons (Fsp3) is 0.538. The highest BCUT2D eigenvalue weighted by molar-refractivity contribution is 7.91. The van der Waals surface area contributed by atoms with Crippen molar-refractivity contribution in [3.63, 3.8) is 0 Å². The first-order chi connectivity index (χ1) is 7.90. The SMILES string of the molecule is CCC(CC)CS(=O)(=O)c1cc(C)ccc1N. The summed E-state index contributed by atoms with van der Waals surface area (Å²) < 4.78 is 24.5. The van der Waals surface area contributed by atoms with E-state index >= 15 is 0 Å². The van der Waals surface area contributed by atoms with Gasteiger partial charge in [-0.05, 0) is 30.5 Å². The van der Waals surface area contributed by atoms with Crippen LogP contribution in [0.1, 0.15) is 32.3 Å². The quantitative estimate of drug-likeness (QED) is 0.823. The van der Waals surface area contributed by atoms with Gasteiger partial charge < -0.3 is 5.73 Å². The van der Waals surface area contributed by atoms with Crippen LogP contribution in [-0.2, 0) is 9.84 Å². The van der Waals surface area contributed by atoms with Crippen LogP contribution in [0.15, 0.2) is 23.1 Å². The van der Waals surface area contributed by atoms with E-state index in [1.54, 1.807) is 12.1 Å². The van der Waals surface area contributed by atoms with E-state index in [0.29, 0.717) is 5.69 Å². The van der Waals surface area contributed by atoms with E-state index in [2.05, 4.69) is 0 Å². The summed E-state index contributed by atoms with van der Waals surface area (Å²) in [4.78, 5) is 0.282. The van der Waals surface area contributed by atoms with Crippen molar-refractivity contribution in [2.45, 2.75) is 38.5 Å². The fourth-order valence-electron chi connectivity index (χ4n) is 1.84. The molecule has 1 rings (SSSR count). The summed E-state index contributed by atoms with van der Waals surface area (Å²) in [5.41, 5.74) is 7.02. The van der Waals surface area contributed by atoms with Crippen molar-refractivity contribution in [1.29, 1.82) is 0 Å². The van der Waals surface area contributed by atoms with Crippen LogP contribution in [0.25, 0.3) is 0 Å². The van der Waals surface area contributed by atoms with Gasteiger partial charge in [-0.25, -0.2) is 8.42 Å². The van der Waals surface area contributed by atoms with Crippen LogP contribution >= 0.6 is 0 Å². The Kier molecular flexibility index (Phi) is 4.57. The minimum absolute atomic E-state index is 0.188. The Hall–Kier alpha value is -1.03. The first-order valence-corrected chi connectivity index (χ1v) is 7.64. The first-order valence-electron chi connectivity index (χ1n) is 5.99. The van der Waals surface area contributed by atoms with E-state index in [0.717, 1.165) is 18.4 Å². The highest BCUT2D eigenvalue weighted by Crippen LogP contribution is 2.24. The third kappa shape index (κ3) is 3.46. The Labute approximate surface area is 104 Å². The lowest BCUT2D eigenvalue weighted by atomic mass is 10.1. The first kappa shape index (κ1) is 14.0. The number of hydrogen-bond acceptors (Lipinski definition) is 3. The van der Waals surface area contributed by atoms with Crippen LogP contribution in [0.3, 0.4) is 0 Å². The molecule has 1 aromatic carbocycles. The number of sulfone groups is 1. The molecule has 0 spiro atoms. The van der Waals surface area contributed by atoms with E-state index in [9.17, 15) is 8.42 Å². The van der Waals surface area contributed by atoms with Crippen LogP contribution in [0, 0.1) is 12.8 Å². The smallest absolute Gasteiger partial charge is 0.180 e. The Balaban J connectivity index is 3.09. The second-order valence-electron chi connectivity index (χ2n) is 4.51. The van der Waals surface area contributed by atoms with Crippen LogP contribution in [0.4, 0.5) is 5.69 Å². The summed E-state index contributed by atoms with van der Waals surface area (Å²) in [6.07, 6.45) is 1.75. The number of nitrogens with two attached hydrogens (primary N) is 1. The standard InChI is InChI=1S/C13H21NO2S/c1-4-11(5-2)9-17(15,16)13-8-10(3)6-7-12(13)14/h6-8,11H,4-5,9,14H2,1-3H3. The minimum Gasteiger partial charge on any atom is -0.398 e. The van der Waals surface area contributed by atoms with Crippen molar-refractivity contribution in [3.8, 4) is 0 Å². The van der Waals surface area contributed by atoms with E-state index in [4.69, 9.17) is 5.73 Å². The van der Waals surface area contributed by atoms with Crippen molar-refractivity contribution in [3.05, 3.63) is 23.8 Å². The molecule has 4 heteroatoms. The molecule has 0 aliphatic carbocycles. The van der Waals surface area contributed by atoms with E-state index in [1.807, 2.05) is 26.8 Å². The van der Waals surface area contributed by atoms with Crippen molar-refractivity contribution in [1.82, 2.24) is 0 Å². The van der Waals surface area contributed by atoms with E-state index in [1.165, 1.54) is 0 Å². The van der Waals surface area contributed by atoms with Crippen LogP contribution < -0.4 is 5.73 Å². The summed E-state index contributed by atoms with van der Waals surface area (Å²) >= 11 is 0. The molecule has 1 aromatic rings. The van der Waals surface area contributed by atoms with Gasteiger partial charge in [-0.3, -0.25) is 0 Å². The summed E-state index contributed by atoms with van der Waals surface area (Å²) in [6.45, 7) is 5.90. The molecule has 17 heavy (non-hydrogen) atoms. The molecular formula is C13H21NO2S. The number of rotatable bonds is 5. The Morgan fingerprint density at radius 3 is 2.35 bits per heavy atom. The van der Waals surface area contributed by atoms with Gasteiger partial charge in [0.05, 0.1) is 16.3 Å².